The molecule has 1 atom stereocenters. The van der Waals surface area contributed by atoms with Gasteiger partial charge in [-0.3, -0.25) is 24.0 Å². The van der Waals surface area contributed by atoms with Gasteiger partial charge in [0.2, 0.25) is 5.24 Å². The lowest BCUT2D eigenvalue weighted by Crippen LogP contribution is -2.31. The fourth-order valence-corrected chi connectivity index (χ4v) is 10.9. The number of carboxylic acid groups (broad SMARTS) is 1. The van der Waals surface area contributed by atoms with Gasteiger partial charge in [-0.25, -0.2) is 0 Å². The van der Waals surface area contributed by atoms with Crippen LogP contribution in [0.4, 0.5) is 0 Å². The number of Topliss-reactive ketones (excluding diaryl/α,β-unsaturated/α-hetero) is 3. The number of methoxy groups -OCH3 is 1. The lowest BCUT2D eigenvalue weighted by molar-refractivity contribution is -0.193. The van der Waals surface area contributed by atoms with E-state index in [4.69, 9.17) is 127 Å². The maximum absolute atomic E-state index is 11.6. The monoisotopic (exact) mass is 1740 g/mol. The molecule has 29 nitrogen and oxygen atoms in total. The summed E-state index contributed by atoms with van der Waals surface area (Å²) in [5.41, 5.74) is 13.0. The van der Waals surface area contributed by atoms with Crippen molar-refractivity contribution in [1.82, 2.24) is 0 Å². The number of aliphatic hydroxyl groups excluding tert-OH is 2. The molecule has 0 amide bonds. The number of phenolic OH excluding ortho intramolecular Hbond substituents is 1. The van der Waals surface area contributed by atoms with Gasteiger partial charge >= 0.3 is 42.9 Å². The number of aromatic hydroxyl groups is 1. The van der Waals surface area contributed by atoms with Crippen molar-refractivity contribution in [1.29, 1.82) is 0 Å². The van der Waals surface area contributed by atoms with Gasteiger partial charge in [-0.05, 0) is 211 Å². The standard InChI is InChI=1S/C13H18O2.C12H14O2.C11H13ClO2.C11H12O3.C11H14O3.C11H12O2.C11H16O2.C8H10O.6CO2/c1-4-10-5-6-12-11(9-10)13(2,14-3)7-8-15-12;1-2-3-9-4-5-12-10(8-9)11(13)6-7-14-12;1-2-9-3-5-10(6-4-9)14-8-7-11(12)13;12-5-3-8-1-2-11-9(7-8)10(13)4-6-14-11;1-2-9-3-5-10(6-4-9)14-8-7-11(12)13;1-2-8-3-4-11-9(7-8)10(12)5-6-13-11;1-2-10-4-6-11(7-5-10)13-9-3-8-12;1-2-7-3-5-8(9)6-4-7;6*2-1-3/h5-6,9H,4,7-8H2,1-3H3;4-5,8H,2-3,6-7H2,1H3;3-6H,2,7-8H2,1H3;1-2,7,12H,3-6H2;3-6H,2,7-8H2,1H3,(H,12,13);3-4,7H,2,5-6H2,1H3;4-7,12H,2-3,8-9H2,1H3;3-6,9H,2H2,1H3;;;;;;. The first-order chi connectivity index (χ1) is 59.7. The summed E-state index contributed by atoms with van der Waals surface area (Å²) in [6.07, 6.45) is 13.7. The molecule has 666 valence electrons. The lowest BCUT2D eigenvalue weighted by atomic mass is 9.88. The summed E-state index contributed by atoms with van der Waals surface area (Å²) in [6.45, 7) is 20.6. The van der Waals surface area contributed by atoms with E-state index in [0.29, 0.717) is 82.2 Å². The summed E-state index contributed by atoms with van der Waals surface area (Å²) in [5, 5.41) is 34.2. The highest BCUT2D eigenvalue weighted by molar-refractivity contribution is 6.63. The molecule has 4 aliphatic heterocycles. The third-order valence-electron chi connectivity index (χ3n) is 17.5. The van der Waals surface area contributed by atoms with Gasteiger partial charge in [-0.2, -0.15) is 57.5 Å². The first-order valence-electron chi connectivity index (χ1n) is 39.4. The van der Waals surface area contributed by atoms with E-state index >= 15 is 0 Å². The second-order valence-electron chi connectivity index (χ2n) is 25.7. The van der Waals surface area contributed by atoms with Crippen molar-refractivity contribution in [2.45, 2.75) is 164 Å². The van der Waals surface area contributed by atoms with Crippen LogP contribution in [0.1, 0.15) is 188 Å². The minimum Gasteiger partial charge on any atom is -0.508 e. The highest BCUT2D eigenvalue weighted by Crippen LogP contribution is 2.40. The molecule has 0 aliphatic carbocycles. The second kappa shape index (κ2) is 71.5. The van der Waals surface area contributed by atoms with E-state index in [9.17, 15) is 24.0 Å². The van der Waals surface area contributed by atoms with Crippen LogP contribution in [-0.4, -0.2) is 152 Å². The van der Waals surface area contributed by atoms with Crippen LogP contribution in [-0.2, 0) is 129 Å². The lowest BCUT2D eigenvalue weighted by Gasteiger charge is -2.34. The first-order valence-corrected chi connectivity index (χ1v) is 39.8. The Morgan fingerprint density at radius 1 is 0.395 bits per heavy atom. The van der Waals surface area contributed by atoms with E-state index in [1.54, 1.807) is 25.3 Å². The first kappa shape index (κ1) is 113. The number of fused-ring (bicyclic) bond motifs is 4. The van der Waals surface area contributed by atoms with Crippen molar-refractivity contribution in [3.63, 3.8) is 0 Å². The molecule has 0 spiro atoms. The number of carbonyl (C=O) groups excluding carboxylic acids is 16. The molecule has 1 unspecified atom stereocenters. The molecule has 0 saturated carbocycles. The Morgan fingerprint density at radius 3 is 1.02 bits per heavy atom. The van der Waals surface area contributed by atoms with Gasteiger partial charge in [0, 0.05) is 58.0 Å². The molecule has 4 heterocycles. The highest BCUT2D eigenvalue weighted by Gasteiger charge is 2.33. The summed E-state index contributed by atoms with van der Waals surface area (Å²) >= 11 is 5.17. The Hall–Kier alpha value is -13.2. The van der Waals surface area contributed by atoms with Gasteiger partial charge < -0.3 is 58.3 Å². The number of aliphatic hydroxyl groups is 2. The largest absolute Gasteiger partial charge is 0.508 e. The third-order valence-corrected chi connectivity index (χ3v) is 17.7. The van der Waals surface area contributed by atoms with E-state index in [-0.39, 0.29) is 97.8 Å². The number of halogens is 1. The number of rotatable bonds is 23. The van der Waals surface area contributed by atoms with E-state index < -0.39 is 5.97 Å². The smallest absolute Gasteiger partial charge is 0.373 e. The summed E-state index contributed by atoms with van der Waals surface area (Å²) in [7, 11) is 1.77. The maximum Gasteiger partial charge on any atom is 0.373 e. The molecule has 30 heteroatoms. The zero-order valence-corrected chi connectivity index (χ0v) is 72.0. The number of carbonyl (C=O) groups is 5. The molecule has 0 bridgehead atoms. The van der Waals surface area contributed by atoms with Crippen LogP contribution in [0.3, 0.4) is 0 Å². The van der Waals surface area contributed by atoms with Crippen LogP contribution in [0.25, 0.3) is 0 Å². The number of benzene rings is 8. The van der Waals surface area contributed by atoms with Crippen LogP contribution in [0.2, 0.25) is 0 Å². The van der Waals surface area contributed by atoms with E-state index in [0.717, 1.165) is 116 Å². The van der Waals surface area contributed by atoms with Crippen molar-refractivity contribution in [2.75, 3.05) is 66.6 Å². The molecule has 8 aromatic carbocycles. The normalized spacial score (nSPS) is 12.2. The Morgan fingerprint density at radius 2 is 0.694 bits per heavy atom. The Labute approximate surface area is 726 Å². The SMILES string of the molecule is CCCc1ccc2c(c1)C(=O)CCO2.CCc1ccc(O)cc1.CCc1ccc(OCCC(=O)Cl)cc1.CCc1ccc(OCCC(=O)O)cc1.CCc1ccc(OCCCO)cc1.CCc1ccc2c(c1)C(=O)CCO2.CCc1ccc2c(c1)C(C)(OC)CCO2.O=C1CCOc2ccc(CCO)cc21.O=C=O.O=C=O.O=C=O.O=C=O.O=C=O.O=C=O. The van der Waals surface area contributed by atoms with Gasteiger partial charge in [0.25, 0.3) is 0 Å². The van der Waals surface area contributed by atoms with Gasteiger partial charge in [0.15, 0.2) is 17.3 Å². The van der Waals surface area contributed by atoms with E-state index in [1.165, 1.54) is 44.5 Å². The highest BCUT2D eigenvalue weighted by atomic mass is 35.5. The van der Waals surface area contributed by atoms with Crippen molar-refractivity contribution < 1.29 is 140 Å². The number of aliphatic carboxylic acids is 1. The van der Waals surface area contributed by atoms with Crippen LogP contribution < -0.4 is 33.2 Å². The minimum absolute atomic E-state index is 0.0372. The van der Waals surface area contributed by atoms with Gasteiger partial charge in [-0.1, -0.05) is 128 Å². The molecule has 12 rings (SSSR count). The van der Waals surface area contributed by atoms with Crippen molar-refractivity contribution in [3.8, 4) is 46.0 Å². The minimum atomic E-state index is -0.838. The molecule has 8 aromatic rings. The molecule has 0 radical (unpaired) electrons. The average molecular weight is 1740 g/mol. The molecular formula is C94H109ClO29. The van der Waals surface area contributed by atoms with Crippen LogP contribution >= 0.6 is 11.6 Å². The predicted octanol–water partition coefficient (Wildman–Crippen LogP) is 14.2. The molecule has 4 N–H and O–H groups in total. The fourth-order valence-electron chi connectivity index (χ4n) is 10.9. The van der Waals surface area contributed by atoms with Crippen molar-refractivity contribution >= 4 is 77.1 Å². The maximum atomic E-state index is 11.6. The van der Waals surface area contributed by atoms with Gasteiger partial charge in [-0.15, -0.1) is 0 Å². The number of ether oxygens (including phenoxy) is 8. The topological polar surface area (TPSA) is 445 Å². The summed E-state index contributed by atoms with van der Waals surface area (Å²) in [6, 6.07) is 54.5. The summed E-state index contributed by atoms with van der Waals surface area (Å²) < 4.78 is 43.3. The summed E-state index contributed by atoms with van der Waals surface area (Å²) in [4.78, 5) is 153. The van der Waals surface area contributed by atoms with Gasteiger partial charge in [0.05, 0.1) is 81.4 Å². The molecule has 124 heavy (non-hydrogen) atoms. The molecule has 0 fully saturated rings. The average Bonchev–Trinajstić information content (AvgIpc) is 0.783. The van der Waals surface area contributed by atoms with E-state index in [1.807, 2.05) is 121 Å². The zero-order chi connectivity index (χ0) is 93.3. The van der Waals surface area contributed by atoms with E-state index in [2.05, 4.69) is 85.7 Å². The quantitative estimate of drug-likeness (QED) is 0.0341. The molecular weight excluding hydrogens is 1630 g/mol. The predicted molar refractivity (Wildman–Crippen MR) is 448 cm³/mol. The van der Waals surface area contributed by atoms with Gasteiger partial charge in [0.1, 0.15) is 46.0 Å². The number of ketones is 3. The number of carboxylic acids is 1. The fraction of sp³-hybridized carbons (Fsp3) is 0.372. The number of phenols is 1. The second-order valence-corrected chi connectivity index (χ2v) is 26.2. The van der Waals surface area contributed by atoms with Crippen LogP contribution in [0.5, 0.6) is 46.0 Å². The Bertz CT molecular complexity index is 4360. The zero-order valence-electron chi connectivity index (χ0n) is 71.2. The molecule has 0 aromatic heterocycles. The van der Waals surface area contributed by atoms with Crippen molar-refractivity contribution in [3.05, 3.63) is 237 Å². The molecule has 0 saturated heterocycles. The summed E-state index contributed by atoms with van der Waals surface area (Å²) in [5.74, 6) is 5.57. The third kappa shape index (κ3) is 49.5. The number of aryl methyl sites for hydroxylation is 7. The van der Waals surface area contributed by atoms with Crippen LogP contribution in [0.15, 0.2) is 170 Å². The number of hydrogen-bond donors (Lipinski definition) is 4. The van der Waals surface area contributed by atoms with Crippen molar-refractivity contribution in [2.24, 2.45) is 0 Å². The number of hydrogen-bond acceptors (Lipinski definition) is 28. The van der Waals surface area contributed by atoms with Crippen LogP contribution in [0, 0.1) is 0 Å². The molecule has 4 aliphatic rings. The Kier molecular flexibility index (Phi) is 65.0. The Balaban J connectivity index is 0.